The minimum absolute atomic E-state index is 0.0671. The number of amides is 2. The fraction of sp³-hybridized carbons (Fsp3) is 0.333. The van der Waals surface area contributed by atoms with Gasteiger partial charge in [-0.2, -0.15) is 0 Å². The molecule has 0 heterocycles. The van der Waals surface area contributed by atoms with Gasteiger partial charge < -0.3 is 10.2 Å². The molecule has 2 aromatic carbocycles. The highest BCUT2D eigenvalue weighted by Gasteiger charge is 2.25. The first-order chi connectivity index (χ1) is 12.4. The molecule has 1 N–H and O–H groups in total. The van der Waals surface area contributed by atoms with Gasteiger partial charge in [0.25, 0.3) is 0 Å². The van der Waals surface area contributed by atoms with E-state index in [4.69, 9.17) is 11.6 Å². The summed E-state index contributed by atoms with van der Waals surface area (Å²) in [4.78, 5) is 26.6. The van der Waals surface area contributed by atoms with Crippen molar-refractivity contribution in [1.29, 1.82) is 0 Å². The zero-order valence-corrected chi connectivity index (χ0v) is 16.2. The van der Waals surface area contributed by atoms with Crippen LogP contribution in [0.2, 0.25) is 5.02 Å². The van der Waals surface area contributed by atoms with E-state index in [2.05, 4.69) is 5.32 Å². The number of aryl methyl sites for hydroxylation is 2. The fourth-order valence-electron chi connectivity index (χ4n) is 2.89. The van der Waals surface area contributed by atoms with Crippen molar-refractivity contribution >= 4 is 23.4 Å². The highest BCUT2D eigenvalue weighted by molar-refractivity contribution is 6.31. The highest BCUT2D eigenvalue weighted by Crippen LogP contribution is 2.18. The van der Waals surface area contributed by atoms with Gasteiger partial charge in [-0.25, -0.2) is 0 Å². The average molecular weight is 373 g/mol. The first kappa shape index (κ1) is 20.0. The Morgan fingerprint density at radius 2 is 1.88 bits per heavy atom. The van der Waals surface area contributed by atoms with Gasteiger partial charge in [0, 0.05) is 25.0 Å². The van der Waals surface area contributed by atoms with Crippen LogP contribution in [0.25, 0.3) is 0 Å². The Kier molecular flexibility index (Phi) is 7.22. The second kappa shape index (κ2) is 9.39. The topological polar surface area (TPSA) is 49.4 Å². The molecule has 2 rings (SSSR count). The molecule has 2 amide bonds. The quantitative estimate of drug-likeness (QED) is 0.804. The van der Waals surface area contributed by atoms with Crippen molar-refractivity contribution in [2.24, 2.45) is 0 Å². The number of nitrogens with zero attached hydrogens (tertiary/aromatic N) is 1. The van der Waals surface area contributed by atoms with Gasteiger partial charge >= 0.3 is 0 Å². The summed E-state index contributed by atoms with van der Waals surface area (Å²) in [7, 11) is 1.58. The normalized spacial score (nSPS) is 11.7. The Morgan fingerprint density at radius 3 is 2.54 bits per heavy atom. The van der Waals surface area contributed by atoms with E-state index >= 15 is 0 Å². The summed E-state index contributed by atoms with van der Waals surface area (Å²) in [6.07, 6.45) is 0.847. The van der Waals surface area contributed by atoms with Gasteiger partial charge in [-0.05, 0) is 37.5 Å². The second-order valence-corrected chi connectivity index (χ2v) is 6.80. The Hall–Kier alpha value is -2.33. The van der Waals surface area contributed by atoms with Crippen molar-refractivity contribution < 1.29 is 9.59 Å². The fourth-order valence-corrected chi connectivity index (χ4v) is 3.12. The number of nitrogens with one attached hydrogen (secondary N) is 1. The standard InChI is InChI=1S/C21H25ClN2O2/c1-15-7-6-8-17(13-15)14-24(16(2)21(26)23-3)20(25)12-11-18-9-4-5-10-19(18)22/h4-10,13,16H,11-12,14H2,1-3H3,(H,23,26)/t16-/m1/s1. The molecule has 0 unspecified atom stereocenters. The molecule has 0 aromatic heterocycles. The molecule has 5 heteroatoms. The van der Waals surface area contributed by atoms with Crippen LogP contribution in [-0.2, 0) is 22.6 Å². The van der Waals surface area contributed by atoms with Crippen LogP contribution in [0.5, 0.6) is 0 Å². The molecule has 0 radical (unpaired) electrons. The number of halogens is 1. The van der Waals surface area contributed by atoms with Crippen LogP contribution in [0.3, 0.4) is 0 Å². The van der Waals surface area contributed by atoms with E-state index < -0.39 is 6.04 Å². The van der Waals surface area contributed by atoms with E-state index in [-0.39, 0.29) is 11.8 Å². The number of hydrogen-bond acceptors (Lipinski definition) is 2. The zero-order chi connectivity index (χ0) is 19.1. The lowest BCUT2D eigenvalue weighted by Crippen LogP contribution is -2.46. The third-order valence-electron chi connectivity index (χ3n) is 4.42. The highest BCUT2D eigenvalue weighted by atomic mass is 35.5. The Balaban J connectivity index is 2.15. The molecule has 2 aromatic rings. The maximum Gasteiger partial charge on any atom is 0.242 e. The largest absolute Gasteiger partial charge is 0.357 e. The first-order valence-corrected chi connectivity index (χ1v) is 9.10. The maximum atomic E-state index is 12.9. The van der Waals surface area contributed by atoms with Crippen molar-refractivity contribution in [2.45, 2.75) is 39.3 Å². The summed E-state index contributed by atoms with van der Waals surface area (Å²) >= 11 is 6.18. The third kappa shape index (κ3) is 5.33. The van der Waals surface area contributed by atoms with Crippen molar-refractivity contribution in [2.75, 3.05) is 7.05 Å². The van der Waals surface area contributed by atoms with Gasteiger partial charge in [-0.15, -0.1) is 0 Å². The Labute approximate surface area is 160 Å². The first-order valence-electron chi connectivity index (χ1n) is 8.72. The molecule has 0 aliphatic carbocycles. The predicted molar refractivity (Wildman–Crippen MR) is 105 cm³/mol. The monoisotopic (exact) mass is 372 g/mol. The minimum Gasteiger partial charge on any atom is -0.357 e. The lowest BCUT2D eigenvalue weighted by Gasteiger charge is -2.28. The number of carbonyl (C=O) groups excluding carboxylic acids is 2. The third-order valence-corrected chi connectivity index (χ3v) is 4.78. The molecule has 0 aliphatic heterocycles. The number of rotatable bonds is 7. The number of carbonyl (C=O) groups is 2. The molecule has 4 nitrogen and oxygen atoms in total. The van der Waals surface area contributed by atoms with Gasteiger partial charge in [0.15, 0.2) is 0 Å². The van der Waals surface area contributed by atoms with E-state index in [1.54, 1.807) is 18.9 Å². The van der Waals surface area contributed by atoms with Gasteiger partial charge in [-0.3, -0.25) is 9.59 Å². The summed E-state index contributed by atoms with van der Waals surface area (Å²) < 4.78 is 0. The van der Waals surface area contributed by atoms with E-state index in [0.717, 1.165) is 16.7 Å². The maximum absolute atomic E-state index is 12.9. The van der Waals surface area contributed by atoms with Gasteiger partial charge in [0.2, 0.25) is 11.8 Å². The molecule has 0 fully saturated rings. The smallest absolute Gasteiger partial charge is 0.242 e. The molecule has 1 atom stereocenters. The van der Waals surface area contributed by atoms with E-state index in [9.17, 15) is 9.59 Å². The van der Waals surface area contributed by atoms with Crippen LogP contribution >= 0.6 is 11.6 Å². The molecular formula is C21H25ClN2O2. The molecule has 0 aliphatic rings. The number of hydrogen-bond donors (Lipinski definition) is 1. The molecular weight excluding hydrogens is 348 g/mol. The Morgan fingerprint density at radius 1 is 1.15 bits per heavy atom. The summed E-state index contributed by atoms with van der Waals surface area (Å²) in [5.41, 5.74) is 3.07. The van der Waals surface area contributed by atoms with Crippen LogP contribution in [-0.4, -0.2) is 29.8 Å². The second-order valence-electron chi connectivity index (χ2n) is 6.39. The molecule has 0 bridgehead atoms. The summed E-state index contributed by atoms with van der Waals surface area (Å²) in [5, 5.41) is 3.28. The van der Waals surface area contributed by atoms with Crippen LogP contribution in [0, 0.1) is 6.92 Å². The SMILES string of the molecule is CNC(=O)[C@@H](C)N(Cc1cccc(C)c1)C(=O)CCc1ccccc1Cl. The lowest BCUT2D eigenvalue weighted by molar-refractivity contribution is -0.140. The lowest BCUT2D eigenvalue weighted by atomic mass is 10.1. The van der Waals surface area contributed by atoms with Gasteiger partial charge in [-0.1, -0.05) is 59.6 Å². The van der Waals surface area contributed by atoms with Gasteiger partial charge in [0.05, 0.1) is 0 Å². The summed E-state index contributed by atoms with van der Waals surface area (Å²) in [6.45, 7) is 4.16. The van der Waals surface area contributed by atoms with Crippen molar-refractivity contribution in [1.82, 2.24) is 10.2 Å². The summed E-state index contributed by atoms with van der Waals surface area (Å²) in [6, 6.07) is 14.9. The molecule has 26 heavy (non-hydrogen) atoms. The van der Waals surface area contributed by atoms with Crippen molar-refractivity contribution in [3.63, 3.8) is 0 Å². The summed E-state index contributed by atoms with van der Waals surface area (Å²) in [5.74, 6) is -0.244. The molecule has 0 saturated heterocycles. The molecule has 0 saturated carbocycles. The average Bonchev–Trinajstić information content (AvgIpc) is 2.64. The molecule has 138 valence electrons. The number of benzene rings is 2. The van der Waals surface area contributed by atoms with E-state index in [0.29, 0.717) is 24.4 Å². The number of likely N-dealkylation sites (N-methyl/N-ethyl adjacent to an activating group) is 1. The van der Waals surface area contributed by atoms with Crippen LogP contribution in [0.15, 0.2) is 48.5 Å². The Bertz CT molecular complexity index is 776. The van der Waals surface area contributed by atoms with Gasteiger partial charge in [0.1, 0.15) is 6.04 Å². The molecule has 0 spiro atoms. The predicted octanol–water partition coefficient (Wildman–Crippen LogP) is 3.74. The zero-order valence-electron chi connectivity index (χ0n) is 15.5. The van der Waals surface area contributed by atoms with Crippen LogP contribution in [0.1, 0.15) is 30.0 Å². The van der Waals surface area contributed by atoms with Crippen molar-refractivity contribution in [3.05, 3.63) is 70.2 Å². The van der Waals surface area contributed by atoms with Crippen LogP contribution in [0.4, 0.5) is 0 Å². The minimum atomic E-state index is -0.542. The van der Waals surface area contributed by atoms with E-state index in [1.807, 2.05) is 55.5 Å². The van der Waals surface area contributed by atoms with Crippen molar-refractivity contribution in [3.8, 4) is 0 Å². The van der Waals surface area contributed by atoms with Crippen LogP contribution < -0.4 is 5.32 Å². The van der Waals surface area contributed by atoms with E-state index in [1.165, 1.54) is 0 Å².